The topological polar surface area (TPSA) is 26.0 Å². The van der Waals surface area contributed by atoms with Gasteiger partial charge in [-0.1, -0.05) is 34.0 Å². The fourth-order valence-electron chi connectivity index (χ4n) is 1.26. The fourth-order valence-corrected chi connectivity index (χ4v) is 1.48. The molecule has 0 aliphatic carbocycles. The summed E-state index contributed by atoms with van der Waals surface area (Å²) in [6, 6.07) is 3.73. The highest BCUT2D eigenvalue weighted by Crippen LogP contribution is 2.24. The van der Waals surface area contributed by atoms with Crippen LogP contribution in [0.1, 0.15) is 22.7 Å². The van der Waals surface area contributed by atoms with Crippen LogP contribution >= 0.6 is 15.9 Å². The first kappa shape index (κ1) is 10.3. The van der Waals surface area contributed by atoms with E-state index in [0.29, 0.717) is 0 Å². The molecule has 1 atom stereocenters. The molecule has 1 aromatic rings. The molecule has 0 saturated heterocycles. The standard InChI is InChI=1S/C11H12BrN/c1-4-10(13)9-5-7(2)11(12)8(3)6-9/h1,5-6,10H,13H2,2-3H3. The molecule has 0 fully saturated rings. The number of nitrogens with two attached hydrogens (primary N) is 1. The maximum absolute atomic E-state index is 5.73. The third-order valence-corrected chi connectivity index (χ3v) is 3.25. The zero-order chi connectivity index (χ0) is 10.0. The highest BCUT2D eigenvalue weighted by molar-refractivity contribution is 9.10. The summed E-state index contributed by atoms with van der Waals surface area (Å²) in [5.41, 5.74) is 9.07. The molecule has 0 heterocycles. The van der Waals surface area contributed by atoms with Crippen LogP contribution in [-0.4, -0.2) is 0 Å². The Morgan fingerprint density at radius 1 is 1.38 bits per heavy atom. The van der Waals surface area contributed by atoms with Gasteiger partial charge in [-0.15, -0.1) is 6.42 Å². The van der Waals surface area contributed by atoms with Gasteiger partial charge in [0.1, 0.15) is 0 Å². The third kappa shape index (κ3) is 2.12. The quantitative estimate of drug-likeness (QED) is 0.748. The van der Waals surface area contributed by atoms with E-state index in [-0.39, 0.29) is 6.04 Å². The summed E-state index contributed by atoms with van der Waals surface area (Å²) in [5.74, 6) is 2.52. The number of halogens is 1. The second-order valence-corrected chi connectivity index (χ2v) is 3.91. The van der Waals surface area contributed by atoms with Crippen molar-refractivity contribution < 1.29 is 0 Å². The van der Waals surface area contributed by atoms with E-state index in [0.717, 1.165) is 10.0 Å². The molecule has 1 aromatic carbocycles. The molecule has 1 rings (SSSR count). The first-order chi connectivity index (χ1) is 6.06. The summed E-state index contributed by atoms with van der Waals surface area (Å²) in [4.78, 5) is 0. The van der Waals surface area contributed by atoms with Gasteiger partial charge in [-0.2, -0.15) is 0 Å². The van der Waals surface area contributed by atoms with Gasteiger partial charge >= 0.3 is 0 Å². The molecule has 13 heavy (non-hydrogen) atoms. The van der Waals surface area contributed by atoms with E-state index in [9.17, 15) is 0 Å². The molecule has 0 saturated carbocycles. The Hall–Kier alpha value is -0.780. The van der Waals surface area contributed by atoms with Crippen LogP contribution in [0.2, 0.25) is 0 Å². The Labute approximate surface area is 87.5 Å². The monoisotopic (exact) mass is 237 g/mol. The van der Waals surface area contributed by atoms with E-state index in [1.165, 1.54) is 11.1 Å². The summed E-state index contributed by atoms with van der Waals surface area (Å²) >= 11 is 3.49. The highest BCUT2D eigenvalue weighted by atomic mass is 79.9. The summed E-state index contributed by atoms with van der Waals surface area (Å²) in [5, 5.41) is 0. The average molecular weight is 238 g/mol. The number of hydrogen-bond acceptors (Lipinski definition) is 1. The van der Waals surface area contributed by atoms with Crippen molar-refractivity contribution in [3.8, 4) is 12.3 Å². The van der Waals surface area contributed by atoms with Crippen molar-refractivity contribution in [1.29, 1.82) is 0 Å². The Morgan fingerprint density at radius 2 is 1.85 bits per heavy atom. The zero-order valence-electron chi connectivity index (χ0n) is 7.76. The van der Waals surface area contributed by atoms with Crippen LogP contribution < -0.4 is 5.73 Å². The molecule has 0 aromatic heterocycles. The molecule has 1 unspecified atom stereocenters. The van der Waals surface area contributed by atoms with Crippen molar-refractivity contribution in [2.75, 3.05) is 0 Å². The normalized spacial score (nSPS) is 12.2. The Bertz CT molecular complexity index is 340. The van der Waals surface area contributed by atoms with Gasteiger partial charge in [-0.3, -0.25) is 0 Å². The lowest BCUT2D eigenvalue weighted by Crippen LogP contribution is -2.07. The van der Waals surface area contributed by atoms with E-state index >= 15 is 0 Å². The van der Waals surface area contributed by atoms with Crippen LogP contribution in [0.15, 0.2) is 16.6 Å². The van der Waals surface area contributed by atoms with Crippen LogP contribution in [0.3, 0.4) is 0 Å². The molecule has 0 aliphatic heterocycles. The van der Waals surface area contributed by atoms with E-state index in [1.54, 1.807) is 0 Å². The Balaban J connectivity index is 3.22. The number of aryl methyl sites for hydroxylation is 2. The molecule has 0 amide bonds. The molecule has 0 bridgehead atoms. The fraction of sp³-hybridized carbons (Fsp3) is 0.273. The minimum atomic E-state index is -0.300. The first-order valence-corrected chi connectivity index (χ1v) is 4.84. The number of hydrogen-bond donors (Lipinski definition) is 1. The third-order valence-electron chi connectivity index (χ3n) is 2.00. The van der Waals surface area contributed by atoms with E-state index in [2.05, 4.69) is 21.9 Å². The molecule has 2 N–H and O–H groups in total. The molecule has 0 spiro atoms. The Kier molecular flexibility index (Phi) is 3.13. The second-order valence-electron chi connectivity index (χ2n) is 3.11. The molecular weight excluding hydrogens is 226 g/mol. The van der Waals surface area contributed by atoms with E-state index < -0.39 is 0 Å². The predicted molar refractivity (Wildman–Crippen MR) is 59.4 cm³/mol. The van der Waals surface area contributed by atoms with Crippen molar-refractivity contribution in [3.63, 3.8) is 0 Å². The lowest BCUT2D eigenvalue weighted by Gasteiger charge is -2.09. The smallest absolute Gasteiger partial charge is 0.0918 e. The lowest BCUT2D eigenvalue weighted by atomic mass is 10.0. The molecule has 1 nitrogen and oxygen atoms in total. The van der Waals surface area contributed by atoms with E-state index in [4.69, 9.17) is 12.2 Å². The first-order valence-electron chi connectivity index (χ1n) is 4.04. The van der Waals surface area contributed by atoms with Gasteiger partial charge in [0.15, 0.2) is 0 Å². The van der Waals surface area contributed by atoms with Gasteiger partial charge < -0.3 is 5.73 Å². The van der Waals surface area contributed by atoms with Crippen LogP contribution in [0.4, 0.5) is 0 Å². The van der Waals surface area contributed by atoms with Gasteiger partial charge in [0.25, 0.3) is 0 Å². The largest absolute Gasteiger partial charge is 0.314 e. The van der Waals surface area contributed by atoms with Crippen molar-refractivity contribution >= 4 is 15.9 Å². The van der Waals surface area contributed by atoms with Crippen LogP contribution in [-0.2, 0) is 0 Å². The number of rotatable bonds is 1. The van der Waals surface area contributed by atoms with Gasteiger partial charge in [-0.25, -0.2) is 0 Å². The highest BCUT2D eigenvalue weighted by Gasteiger charge is 2.06. The summed E-state index contributed by atoms with van der Waals surface area (Å²) in [7, 11) is 0. The molecule has 0 aliphatic rings. The van der Waals surface area contributed by atoms with Crippen LogP contribution in [0.5, 0.6) is 0 Å². The van der Waals surface area contributed by atoms with Gasteiger partial charge in [-0.05, 0) is 30.5 Å². The van der Waals surface area contributed by atoms with Crippen LogP contribution in [0.25, 0.3) is 0 Å². The van der Waals surface area contributed by atoms with E-state index in [1.807, 2.05) is 26.0 Å². The molecular formula is C11H12BrN. The van der Waals surface area contributed by atoms with Crippen molar-refractivity contribution in [3.05, 3.63) is 33.3 Å². The Morgan fingerprint density at radius 3 is 2.23 bits per heavy atom. The van der Waals surface area contributed by atoms with Crippen molar-refractivity contribution in [2.45, 2.75) is 19.9 Å². The van der Waals surface area contributed by atoms with Crippen molar-refractivity contribution in [2.24, 2.45) is 5.73 Å². The molecule has 2 heteroatoms. The number of terminal acetylenes is 1. The minimum absolute atomic E-state index is 0.300. The maximum Gasteiger partial charge on any atom is 0.0918 e. The molecule has 68 valence electrons. The second kappa shape index (κ2) is 3.95. The summed E-state index contributed by atoms with van der Waals surface area (Å²) in [6.07, 6.45) is 5.26. The zero-order valence-corrected chi connectivity index (χ0v) is 9.35. The minimum Gasteiger partial charge on any atom is -0.314 e. The predicted octanol–water partition coefficient (Wildman–Crippen LogP) is 2.70. The lowest BCUT2D eigenvalue weighted by molar-refractivity contribution is 0.939. The maximum atomic E-state index is 5.73. The van der Waals surface area contributed by atoms with Gasteiger partial charge in [0, 0.05) is 4.47 Å². The SMILES string of the molecule is C#CC(N)c1cc(C)c(Br)c(C)c1. The average Bonchev–Trinajstić information content (AvgIpc) is 2.12. The summed E-state index contributed by atoms with van der Waals surface area (Å²) < 4.78 is 1.13. The van der Waals surface area contributed by atoms with Gasteiger partial charge in [0.2, 0.25) is 0 Å². The number of benzene rings is 1. The van der Waals surface area contributed by atoms with Crippen molar-refractivity contribution in [1.82, 2.24) is 0 Å². The van der Waals surface area contributed by atoms with Crippen LogP contribution in [0, 0.1) is 26.2 Å². The molecule has 0 radical (unpaired) electrons. The van der Waals surface area contributed by atoms with Gasteiger partial charge in [0.05, 0.1) is 6.04 Å². The summed E-state index contributed by atoms with van der Waals surface area (Å²) in [6.45, 7) is 4.06.